The van der Waals surface area contributed by atoms with Crippen LogP contribution in [0, 0.1) is 0 Å². The summed E-state index contributed by atoms with van der Waals surface area (Å²) in [6.45, 7) is 5.86. The molecular formula is C11H20BrN3O2S. The molecule has 7 heteroatoms. The average Bonchev–Trinajstić information content (AvgIpc) is 2.85. The van der Waals surface area contributed by atoms with Gasteiger partial charge in [0.25, 0.3) is 10.0 Å². The van der Waals surface area contributed by atoms with Crippen LogP contribution in [0.5, 0.6) is 0 Å². The lowest BCUT2D eigenvalue weighted by atomic mass is 9.97. The zero-order chi connectivity index (χ0) is 13.8. The van der Waals surface area contributed by atoms with E-state index in [1.54, 1.807) is 0 Å². The molecule has 0 atom stereocenters. The number of rotatable bonds is 7. The van der Waals surface area contributed by atoms with Crippen molar-refractivity contribution in [3.63, 3.8) is 0 Å². The van der Waals surface area contributed by atoms with Gasteiger partial charge in [0.05, 0.1) is 6.20 Å². The van der Waals surface area contributed by atoms with Crippen LogP contribution in [0.4, 0.5) is 0 Å². The monoisotopic (exact) mass is 337 g/mol. The largest absolute Gasteiger partial charge is 0.332 e. The van der Waals surface area contributed by atoms with Gasteiger partial charge in [0, 0.05) is 17.3 Å². The van der Waals surface area contributed by atoms with Gasteiger partial charge in [-0.15, -0.1) is 0 Å². The maximum absolute atomic E-state index is 12.3. The molecule has 0 fully saturated rings. The first-order valence-corrected chi connectivity index (χ1v) is 8.67. The highest BCUT2D eigenvalue weighted by atomic mass is 79.9. The zero-order valence-corrected chi connectivity index (χ0v) is 13.4. The van der Waals surface area contributed by atoms with Gasteiger partial charge < -0.3 is 4.98 Å². The summed E-state index contributed by atoms with van der Waals surface area (Å²) in [7, 11) is -3.54. The van der Waals surface area contributed by atoms with Crippen LogP contribution in [-0.4, -0.2) is 29.3 Å². The highest BCUT2D eigenvalue weighted by molar-refractivity contribution is 9.09. The smallest absolute Gasteiger partial charge is 0.258 e. The number of hydrogen-bond donors (Lipinski definition) is 2. The van der Waals surface area contributed by atoms with E-state index in [-0.39, 0.29) is 5.03 Å². The number of alkyl halides is 1. The lowest BCUT2D eigenvalue weighted by Crippen LogP contribution is -2.49. The van der Waals surface area contributed by atoms with Crippen LogP contribution in [-0.2, 0) is 16.4 Å². The predicted octanol–water partition coefficient (Wildman–Crippen LogP) is 2.20. The van der Waals surface area contributed by atoms with E-state index in [2.05, 4.69) is 30.6 Å². The van der Waals surface area contributed by atoms with Gasteiger partial charge >= 0.3 is 0 Å². The molecule has 0 saturated carbocycles. The molecule has 1 rings (SSSR count). The second-order valence-corrected chi connectivity index (χ2v) is 6.49. The molecule has 0 spiro atoms. The molecule has 2 N–H and O–H groups in total. The van der Waals surface area contributed by atoms with Crippen LogP contribution in [0.1, 0.15) is 39.4 Å². The van der Waals surface area contributed by atoms with Crippen LogP contribution in [0.25, 0.3) is 0 Å². The van der Waals surface area contributed by atoms with Crippen LogP contribution in [0.15, 0.2) is 11.2 Å². The Morgan fingerprint density at radius 1 is 1.39 bits per heavy atom. The highest BCUT2D eigenvalue weighted by Gasteiger charge is 2.31. The number of halogens is 1. The molecule has 0 aliphatic rings. The second kappa shape index (κ2) is 6.16. The summed E-state index contributed by atoms with van der Waals surface area (Å²) in [6.07, 6.45) is 3.50. The quantitative estimate of drug-likeness (QED) is 0.749. The fourth-order valence-electron chi connectivity index (χ4n) is 1.61. The number of nitrogens with zero attached hydrogens (tertiary/aromatic N) is 1. The third-order valence-corrected chi connectivity index (χ3v) is 5.75. The highest BCUT2D eigenvalue weighted by Crippen LogP contribution is 2.21. The molecule has 1 aromatic rings. The second-order valence-electron chi connectivity index (χ2n) is 4.27. The Bertz CT molecular complexity index is 472. The van der Waals surface area contributed by atoms with Crippen LogP contribution < -0.4 is 4.72 Å². The summed E-state index contributed by atoms with van der Waals surface area (Å²) in [5, 5.41) is 0.715. The van der Waals surface area contributed by atoms with Gasteiger partial charge in [-0.2, -0.15) is 0 Å². The Labute approximate surface area is 117 Å². The fraction of sp³-hybridized carbons (Fsp3) is 0.727. The Hall–Kier alpha value is -0.400. The van der Waals surface area contributed by atoms with Crippen molar-refractivity contribution in [2.24, 2.45) is 0 Å². The number of aromatic amines is 1. The van der Waals surface area contributed by atoms with Crippen molar-refractivity contribution >= 4 is 26.0 Å². The van der Waals surface area contributed by atoms with Crippen molar-refractivity contribution < 1.29 is 8.42 Å². The van der Waals surface area contributed by atoms with Crippen LogP contribution in [0.2, 0.25) is 0 Å². The molecule has 0 aliphatic heterocycles. The van der Waals surface area contributed by atoms with Gasteiger partial charge in [0.1, 0.15) is 5.82 Å². The Morgan fingerprint density at radius 3 is 2.39 bits per heavy atom. The number of aryl methyl sites for hydroxylation is 1. The van der Waals surface area contributed by atoms with Crippen LogP contribution >= 0.6 is 15.9 Å². The van der Waals surface area contributed by atoms with Crippen molar-refractivity contribution in [1.29, 1.82) is 0 Å². The molecule has 5 nitrogen and oxygen atoms in total. The van der Waals surface area contributed by atoms with Crippen molar-refractivity contribution in [2.45, 2.75) is 50.6 Å². The predicted molar refractivity (Wildman–Crippen MR) is 75.4 cm³/mol. The number of nitrogens with one attached hydrogen (secondary N) is 2. The molecule has 0 aromatic carbocycles. The first-order chi connectivity index (χ1) is 8.43. The Morgan fingerprint density at radius 2 is 2.00 bits per heavy atom. The van der Waals surface area contributed by atoms with Crippen molar-refractivity contribution in [3.05, 3.63) is 12.0 Å². The molecule has 0 saturated heterocycles. The molecule has 104 valence electrons. The van der Waals surface area contributed by atoms with Crippen molar-refractivity contribution in [1.82, 2.24) is 14.7 Å². The molecule has 0 aliphatic carbocycles. The number of sulfonamides is 1. The van der Waals surface area contributed by atoms with E-state index in [1.807, 2.05) is 20.8 Å². The van der Waals surface area contributed by atoms with Crippen LogP contribution in [0.3, 0.4) is 0 Å². The Kier molecular flexibility index (Phi) is 5.36. The SMILES string of the molecule is CCc1ncc(S(=O)(=O)NC(CC)(CC)CBr)[nH]1. The van der Waals surface area contributed by atoms with E-state index in [0.29, 0.717) is 17.6 Å². The van der Waals surface area contributed by atoms with E-state index < -0.39 is 15.6 Å². The van der Waals surface area contributed by atoms with Gasteiger partial charge in [0.2, 0.25) is 0 Å². The lowest BCUT2D eigenvalue weighted by molar-refractivity contribution is 0.398. The molecule has 0 bridgehead atoms. The molecule has 1 heterocycles. The van der Waals surface area contributed by atoms with Gasteiger partial charge in [-0.1, -0.05) is 36.7 Å². The molecule has 0 radical (unpaired) electrons. The summed E-state index contributed by atoms with van der Waals surface area (Å²) < 4.78 is 27.3. The van der Waals surface area contributed by atoms with E-state index in [9.17, 15) is 8.42 Å². The molecule has 1 aromatic heterocycles. The minimum absolute atomic E-state index is 0.131. The summed E-state index contributed by atoms with van der Waals surface area (Å²) in [4.78, 5) is 6.84. The maximum Gasteiger partial charge on any atom is 0.258 e. The normalized spacial score (nSPS) is 12.9. The minimum Gasteiger partial charge on any atom is -0.332 e. The number of H-pyrrole nitrogens is 1. The molecular weight excluding hydrogens is 318 g/mol. The summed E-state index contributed by atoms with van der Waals surface area (Å²) in [6, 6.07) is 0. The summed E-state index contributed by atoms with van der Waals surface area (Å²) >= 11 is 3.38. The van der Waals surface area contributed by atoms with Gasteiger partial charge in [0.15, 0.2) is 5.03 Å². The van der Waals surface area contributed by atoms with Crippen molar-refractivity contribution in [3.8, 4) is 0 Å². The van der Waals surface area contributed by atoms with Gasteiger partial charge in [-0.3, -0.25) is 0 Å². The van der Waals surface area contributed by atoms with E-state index >= 15 is 0 Å². The topological polar surface area (TPSA) is 74.8 Å². The average molecular weight is 338 g/mol. The van der Waals surface area contributed by atoms with E-state index in [0.717, 1.165) is 12.8 Å². The summed E-state index contributed by atoms with van der Waals surface area (Å²) in [5.74, 6) is 0.674. The number of aromatic nitrogens is 2. The maximum atomic E-state index is 12.3. The minimum atomic E-state index is -3.54. The van der Waals surface area contributed by atoms with Gasteiger partial charge in [-0.05, 0) is 12.8 Å². The number of hydrogen-bond acceptors (Lipinski definition) is 3. The van der Waals surface area contributed by atoms with Gasteiger partial charge in [-0.25, -0.2) is 18.1 Å². The summed E-state index contributed by atoms with van der Waals surface area (Å²) in [5.41, 5.74) is -0.448. The standard InChI is InChI=1S/C11H20BrN3O2S/c1-4-9-13-7-10(14-9)18(16,17)15-11(5-2,6-3)8-12/h7,15H,4-6,8H2,1-3H3,(H,13,14). The van der Waals surface area contributed by atoms with E-state index in [4.69, 9.17) is 0 Å². The third kappa shape index (κ3) is 3.33. The van der Waals surface area contributed by atoms with Crippen molar-refractivity contribution in [2.75, 3.05) is 5.33 Å². The first kappa shape index (κ1) is 15.7. The Balaban J connectivity index is 3.00. The van der Waals surface area contributed by atoms with E-state index in [1.165, 1.54) is 6.20 Å². The lowest BCUT2D eigenvalue weighted by Gasteiger charge is -2.29. The number of imidazole rings is 1. The fourth-order valence-corrected chi connectivity index (χ4v) is 4.21. The zero-order valence-electron chi connectivity index (χ0n) is 11.0. The molecule has 0 amide bonds. The first-order valence-electron chi connectivity index (χ1n) is 6.06. The molecule has 0 unspecified atom stereocenters. The molecule has 18 heavy (non-hydrogen) atoms. The third-order valence-electron chi connectivity index (χ3n) is 3.19.